The number of nitrogens with one attached hydrogen (secondary N) is 1. The summed E-state index contributed by atoms with van der Waals surface area (Å²) < 4.78 is 1.01. The van der Waals surface area contributed by atoms with E-state index < -0.39 is 0 Å². The van der Waals surface area contributed by atoms with Gasteiger partial charge in [0.15, 0.2) is 0 Å². The lowest BCUT2D eigenvalue weighted by molar-refractivity contribution is 0.157. The minimum Gasteiger partial charge on any atom is -0.394 e. The van der Waals surface area contributed by atoms with Crippen molar-refractivity contribution in [2.75, 3.05) is 13.2 Å². The number of nitrogens with zero attached hydrogens (tertiary/aromatic N) is 1. The smallest absolute Gasteiger partial charge is 0.317 e. The topological polar surface area (TPSA) is 52.6 Å². The monoisotopic (exact) mass is 326 g/mol. The lowest BCUT2D eigenvalue weighted by Gasteiger charge is -2.23. The molecule has 5 heteroatoms. The molecule has 1 saturated heterocycles. The first-order valence-corrected chi connectivity index (χ1v) is 7.31. The molecule has 0 spiro atoms. The summed E-state index contributed by atoms with van der Waals surface area (Å²) in [5, 5.41) is 12.2. The van der Waals surface area contributed by atoms with Gasteiger partial charge in [0, 0.05) is 17.6 Å². The molecule has 1 aromatic carbocycles. The van der Waals surface area contributed by atoms with Gasteiger partial charge in [0.2, 0.25) is 0 Å². The summed E-state index contributed by atoms with van der Waals surface area (Å²) in [7, 11) is 0. The predicted octanol–water partition coefficient (Wildman–Crippen LogP) is 2.42. The van der Waals surface area contributed by atoms with Gasteiger partial charge in [-0.05, 0) is 43.0 Å². The molecule has 0 saturated carbocycles. The third-order valence-corrected chi connectivity index (χ3v) is 4.08. The number of benzene rings is 1. The van der Waals surface area contributed by atoms with E-state index >= 15 is 0 Å². The van der Waals surface area contributed by atoms with Crippen molar-refractivity contribution in [3.05, 3.63) is 33.8 Å². The van der Waals surface area contributed by atoms with E-state index in [-0.39, 0.29) is 18.7 Å². The second kappa shape index (κ2) is 6.39. The van der Waals surface area contributed by atoms with Crippen molar-refractivity contribution in [1.29, 1.82) is 0 Å². The average Bonchev–Trinajstić information content (AvgIpc) is 2.88. The number of aliphatic hydroxyl groups is 1. The summed E-state index contributed by atoms with van der Waals surface area (Å²) in [4.78, 5) is 13.8. The Morgan fingerprint density at radius 3 is 3.11 bits per heavy atom. The van der Waals surface area contributed by atoms with E-state index in [1.54, 1.807) is 4.90 Å². The maximum absolute atomic E-state index is 12.1. The normalized spacial score (nSPS) is 18.7. The highest BCUT2D eigenvalue weighted by Gasteiger charge is 2.27. The summed E-state index contributed by atoms with van der Waals surface area (Å²) in [5.41, 5.74) is 2.26. The summed E-state index contributed by atoms with van der Waals surface area (Å²) in [6, 6.07) is 5.92. The molecular formula is C14H19BrN2O2. The molecule has 0 radical (unpaired) electrons. The van der Waals surface area contributed by atoms with E-state index in [1.165, 1.54) is 0 Å². The van der Waals surface area contributed by atoms with Gasteiger partial charge in [-0.1, -0.05) is 22.0 Å². The molecule has 1 heterocycles. The first-order valence-electron chi connectivity index (χ1n) is 6.52. The number of hydrogen-bond acceptors (Lipinski definition) is 2. The van der Waals surface area contributed by atoms with Crippen LogP contribution in [-0.2, 0) is 6.54 Å². The Bertz CT molecular complexity index is 465. The molecule has 0 aromatic heterocycles. The molecule has 0 bridgehead atoms. The molecule has 19 heavy (non-hydrogen) atoms. The van der Waals surface area contributed by atoms with E-state index in [9.17, 15) is 9.90 Å². The number of halogens is 1. The molecule has 4 nitrogen and oxygen atoms in total. The van der Waals surface area contributed by atoms with Crippen molar-refractivity contribution in [3.63, 3.8) is 0 Å². The van der Waals surface area contributed by atoms with Crippen molar-refractivity contribution in [2.24, 2.45) is 0 Å². The molecule has 0 unspecified atom stereocenters. The molecule has 2 amide bonds. The largest absolute Gasteiger partial charge is 0.394 e. The zero-order chi connectivity index (χ0) is 13.8. The summed E-state index contributed by atoms with van der Waals surface area (Å²) >= 11 is 3.43. The van der Waals surface area contributed by atoms with Crippen LogP contribution >= 0.6 is 15.9 Å². The van der Waals surface area contributed by atoms with Crippen LogP contribution in [0.5, 0.6) is 0 Å². The second-order valence-electron chi connectivity index (χ2n) is 4.90. The van der Waals surface area contributed by atoms with Crippen LogP contribution in [0.2, 0.25) is 0 Å². The van der Waals surface area contributed by atoms with Gasteiger partial charge in [-0.3, -0.25) is 0 Å². The summed E-state index contributed by atoms with van der Waals surface area (Å²) in [6.07, 6.45) is 1.86. The Hall–Kier alpha value is -1.07. The molecule has 0 aliphatic carbocycles. The van der Waals surface area contributed by atoms with Gasteiger partial charge in [-0.2, -0.15) is 0 Å². The Morgan fingerprint density at radius 2 is 2.37 bits per heavy atom. The lowest BCUT2D eigenvalue weighted by atomic mass is 10.1. The highest BCUT2D eigenvalue weighted by atomic mass is 79.9. The van der Waals surface area contributed by atoms with Crippen LogP contribution in [0.4, 0.5) is 4.79 Å². The fourth-order valence-electron chi connectivity index (χ4n) is 2.40. The molecule has 1 atom stereocenters. The third-order valence-electron chi connectivity index (χ3n) is 3.59. The predicted molar refractivity (Wildman–Crippen MR) is 77.9 cm³/mol. The first kappa shape index (κ1) is 14.3. The molecule has 1 aliphatic heterocycles. The fraction of sp³-hybridized carbons (Fsp3) is 0.500. The maximum atomic E-state index is 12.1. The second-order valence-corrected chi connectivity index (χ2v) is 5.82. The highest BCUT2D eigenvalue weighted by Crippen LogP contribution is 2.18. The van der Waals surface area contributed by atoms with Gasteiger partial charge in [-0.15, -0.1) is 0 Å². The standard InChI is InChI=1S/C14H19BrN2O2/c1-10-4-5-12(15)7-11(10)8-16-14(19)17-6-2-3-13(17)9-18/h4-5,7,13,18H,2-3,6,8-9H2,1H3,(H,16,19)/t13-/m0/s1. The number of likely N-dealkylation sites (tertiary alicyclic amines) is 1. The van der Waals surface area contributed by atoms with Crippen molar-refractivity contribution < 1.29 is 9.90 Å². The molecular weight excluding hydrogens is 308 g/mol. The van der Waals surface area contributed by atoms with Gasteiger partial charge in [0.25, 0.3) is 0 Å². The zero-order valence-corrected chi connectivity index (χ0v) is 12.6. The van der Waals surface area contributed by atoms with Gasteiger partial charge < -0.3 is 15.3 Å². The molecule has 2 rings (SSSR count). The number of carbonyl (C=O) groups is 1. The van der Waals surface area contributed by atoms with Crippen LogP contribution in [0.15, 0.2) is 22.7 Å². The summed E-state index contributed by atoms with van der Waals surface area (Å²) in [5.74, 6) is 0. The molecule has 1 fully saturated rings. The minimum atomic E-state index is -0.0871. The van der Waals surface area contributed by atoms with E-state index in [0.29, 0.717) is 6.54 Å². The minimum absolute atomic E-state index is 0.0244. The van der Waals surface area contributed by atoms with Crippen molar-refractivity contribution >= 4 is 22.0 Å². The van der Waals surface area contributed by atoms with Gasteiger partial charge in [0.1, 0.15) is 0 Å². The van der Waals surface area contributed by atoms with Crippen LogP contribution in [-0.4, -0.2) is 35.2 Å². The zero-order valence-electron chi connectivity index (χ0n) is 11.0. The Kier molecular flexibility index (Phi) is 4.82. The van der Waals surface area contributed by atoms with Crippen molar-refractivity contribution in [3.8, 4) is 0 Å². The van der Waals surface area contributed by atoms with E-state index in [2.05, 4.69) is 21.2 Å². The van der Waals surface area contributed by atoms with Crippen molar-refractivity contribution in [2.45, 2.75) is 32.4 Å². The first-order chi connectivity index (χ1) is 9.11. The van der Waals surface area contributed by atoms with Crippen LogP contribution in [0.1, 0.15) is 24.0 Å². The molecule has 2 N–H and O–H groups in total. The Labute approximate surface area is 121 Å². The Morgan fingerprint density at radius 1 is 1.58 bits per heavy atom. The molecule has 1 aromatic rings. The number of aryl methyl sites for hydroxylation is 1. The van der Waals surface area contributed by atoms with E-state index in [0.717, 1.165) is 35.0 Å². The van der Waals surface area contributed by atoms with E-state index in [4.69, 9.17) is 0 Å². The number of rotatable bonds is 3. The van der Waals surface area contributed by atoms with Gasteiger partial charge >= 0.3 is 6.03 Å². The SMILES string of the molecule is Cc1ccc(Br)cc1CNC(=O)N1CCC[C@H]1CO. The van der Waals surface area contributed by atoms with Crippen LogP contribution in [0.25, 0.3) is 0 Å². The summed E-state index contributed by atoms with van der Waals surface area (Å²) in [6.45, 7) is 3.32. The number of amides is 2. The van der Waals surface area contributed by atoms with Crippen LogP contribution < -0.4 is 5.32 Å². The average molecular weight is 327 g/mol. The molecule has 1 aliphatic rings. The molecule has 104 valence electrons. The maximum Gasteiger partial charge on any atom is 0.317 e. The van der Waals surface area contributed by atoms with Gasteiger partial charge in [0.05, 0.1) is 12.6 Å². The van der Waals surface area contributed by atoms with E-state index in [1.807, 2.05) is 25.1 Å². The fourth-order valence-corrected chi connectivity index (χ4v) is 2.80. The van der Waals surface area contributed by atoms with Gasteiger partial charge in [-0.25, -0.2) is 4.79 Å². The number of hydrogen-bond donors (Lipinski definition) is 2. The number of urea groups is 1. The van der Waals surface area contributed by atoms with Crippen LogP contribution in [0, 0.1) is 6.92 Å². The Balaban J connectivity index is 1.95. The van der Waals surface area contributed by atoms with Crippen LogP contribution in [0.3, 0.4) is 0 Å². The quantitative estimate of drug-likeness (QED) is 0.896. The lowest BCUT2D eigenvalue weighted by Crippen LogP contribution is -2.43. The number of carbonyl (C=O) groups excluding carboxylic acids is 1. The van der Waals surface area contributed by atoms with Crippen molar-refractivity contribution in [1.82, 2.24) is 10.2 Å². The third kappa shape index (κ3) is 3.48. The highest BCUT2D eigenvalue weighted by molar-refractivity contribution is 9.10. The number of aliphatic hydroxyl groups excluding tert-OH is 1.